The molecule has 7 nitrogen and oxygen atoms in total. The lowest BCUT2D eigenvalue weighted by atomic mass is 9.96. The van der Waals surface area contributed by atoms with E-state index >= 15 is 0 Å². The number of halogens is 2. The molecule has 0 aliphatic carbocycles. The molecule has 1 atom stereocenters. The maximum atomic E-state index is 12.5. The van der Waals surface area contributed by atoms with Gasteiger partial charge >= 0.3 is 6.61 Å². The first-order valence-corrected chi connectivity index (χ1v) is 7.71. The summed E-state index contributed by atoms with van der Waals surface area (Å²) < 4.78 is 37.3. The van der Waals surface area contributed by atoms with Crippen LogP contribution in [-0.2, 0) is 16.9 Å². The van der Waals surface area contributed by atoms with E-state index in [-0.39, 0.29) is 17.2 Å². The van der Waals surface area contributed by atoms with E-state index in [1.54, 1.807) is 0 Å². The molecule has 2 aromatic heterocycles. The molecule has 0 radical (unpaired) electrons. The second-order valence-electron chi connectivity index (χ2n) is 5.89. The highest BCUT2D eigenvalue weighted by Crippen LogP contribution is 2.37. The quantitative estimate of drug-likeness (QED) is 0.879. The van der Waals surface area contributed by atoms with Crippen LogP contribution in [-0.4, -0.2) is 41.1 Å². The second kappa shape index (κ2) is 5.67. The summed E-state index contributed by atoms with van der Waals surface area (Å²) in [6.45, 7) is -0.0929. The molecule has 1 spiro atoms. The Morgan fingerprint density at radius 1 is 1.42 bits per heavy atom. The highest BCUT2D eigenvalue weighted by Gasteiger charge is 2.42. The van der Waals surface area contributed by atoms with Crippen LogP contribution in [0, 0.1) is 0 Å². The number of fused-ring (bicyclic) bond motifs is 2. The highest BCUT2D eigenvalue weighted by atomic mass is 19.3. The molecule has 0 saturated carbocycles. The molecule has 0 unspecified atom stereocenters. The van der Waals surface area contributed by atoms with Crippen LogP contribution in [0.4, 0.5) is 14.6 Å². The van der Waals surface area contributed by atoms with Crippen LogP contribution >= 0.6 is 0 Å². The van der Waals surface area contributed by atoms with Crippen molar-refractivity contribution in [1.29, 1.82) is 0 Å². The fraction of sp³-hybridized carbons (Fsp3) is 0.467. The Bertz CT molecular complexity index is 758. The molecule has 4 heterocycles. The van der Waals surface area contributed by atoms with Gasteiger partial charge in [-0.3, -0.25) is 4.68 Å². The third-order valence-corrected chi connectivity index (χ3v) is 4.44. The summed E-state index contributed by atoms with van der Waals surface area (Å²) in [5, 5.41) is 7.89. The summed E-state index contributed by atoms with van der Waals surface area (Å²) in [7, 11) is 0. The van der Waals surface area contributed by atoms with Crippen LogP contribution in [0.15, 0.2) is 18.3 Å². The number of anilines is 1. The Labute approximate surface area is 136 Å². The zero-order valence-electron chi connectivity index (χ0n) is 12.8. The molecule has 2 aliphatic rings. The summed E-state index contributed by atoms with van der Waals surface area (Å²) in [6, 6.07) is 3.36. The highest BCUT2D eigenvalue weighted by molar-refractivity contribution is 5.64. The predicted molar refractivity (Wildman–Crippen MR) is 81.6 cm³/mol. The summed E-state index contributed by atoms with van der Waals surface area (Å²) in [4.78, 5) is 3.93. The van der Waals surface area contributed by atoms with E-state index in [2.05, 4.69) is 20.1 Å². The number of pyridine rings is 1. The third-order valence-electron chi connectivity index (χ3n) is 4.44. The van der Waals surface area contributed by atoms with E-state index in [1.807, 2.05) is 10.7 Å². The first-order valence-electron chi connectivity index (χ1n) is 7.71. The molecule has 24 heavy (non-hydrogen) atoms. The lowest BCUT2D eigenvalue weighted by Crippen LogP contribution is -2.40. The van der Waals surface area contributed by atoms with E-state index in [4.69, 9.17) is 10.5 Å². The van der Waals surface area contributed by atoms with E-state index in [1.165, 1.54) is 12.3 Å². The van der Waals surface area contributed by atoms with Crippen LogP contribution in [0.3, 0.4) is 0 Å². The second-order valence-corrected chi connectivity index (χ2v) is 5.89. The van der Waals surface area contributed by atoms with Crippen molar-refractivity contribution in [3.63, 3.8) is 0 Å². The number of nitrogen functional groups attached to an aromatic ring is 1. The van der Waals surface area contributed by atoms with Gasteiger partial charge in [-0.15, -0.1) is 0 Å². The van der Waals surface area contributed by atoms with Crippen LogP contribution in [0.2, 0.25) is 0 Å². The van der Waals surface area contributed by atoms with Crippen molar-refractivity contribution in [2.45, 2.75) is 25.2 Å². The number of rotatable bonds is 3. The third kappa shape index (κ3) is 2.49. The van der Waals surface area contributed by atoms with Gasteiger partial charge in [0.05, 0.1) is 24.5 Å². The minimum absolute atomic E-state index is 0.0807. The number of nitrogens with two attached hydrogens (primary N) is 1. The number of alkyl halides is 2. The zero-order chi connectivity index (χ0) is 16.7. The lowest BCUT2D eigenvalue weighted by molar-refractivity contribution is -0.0657. The van der Waals surface area contributed by atoms with E-state index in [0.717, 1.165) is 25.2 Å². The van der Waals surface area contributed by atoms with Gasteiger partial charge in [0.25, 0.3) is 0 Å². The molecule has 9 heteroatoms. The zero-order valence-corrected chi connectivity index (χ0v) is 12.8. The molecule has 1 saturated heterocycles. The minimum atomic E-state index is -2.96. The topological polar surface area (TPSA) is 87.2 Å². The largest absolute Gasteiger partial charge is 0.431 e. The Morgan fingerprint density at radius 2 is 2.29 bits per heavy atom. The van der Waals surface area contributed by atoms with Gasteiger partial charge in [0.15, 0.2) is 11.6 Å². The fourth-order valence-corrected chi connectivity index (χ4v) is 3.29. The van der Waals surface area contributed by atoms with Crippen molar-refractivity contribution in [3.8, 4) is 17.0 Å². The Balaban J connectivity index is 1.72. The monoisotopic (exact) mass is 337 g/mol. The molecule has 128 valence electrons. The average molecular weight is 337 g/mol. The number of ether oxygens (including phenoxy) is 2. The van der Waals surface area contributed by atoms with Crippen molar-refractivity contribution >= 4 is 5.82 Å². The van der Waals surface area contributed by atoms with Gasteiger partial charge in [0.2, 0.25) is 0 Å². The van der Waals surface area contributed by atoms with Crippen molar-refractivity contribution < 1.29 is 18.3 Å². The predicted octanol–water partition coefficient (Wildman–Crippen LogP) is 1.35. The molecule has 0 amide bonds. The van der Waals surface area contributed by atoms with Gasteiger partial charge in [-0.2, -0.15) is 13.9 Å². The maximum Gasteiger partial charge on any atom is 0.387 e. The Hall–Kier alpha value is -2.26. The lowest BCUT2D eigenvalue weighted by Gasteiger charge is -2.33. The number of aromatic nitrogens is 3. The molecule has 0 bridgehead atoms. The van der Waals surface area contributed by atoms with Gasteiger partial charge < -0.3 is 20.5 Å². The number of hydrogen-bond acceptors (Lipinski definition) is 6. The number of nitrogens with one attached hydrogen (secondary N) is 1. The summed E-state index contributed by atoms with van der Waals surface area (Å²) in [6.07, 6.45) is 2.38. The van der Waals surface area contributed by atoms with Crippen molar-refractivity contribution in [2.24, 2.45) is 0 Å². The van der Waals surface area contributed by atoms with Crippen LogP contribution < -0.4 is 15.8 Å². The van der Waals surface area contributed by atoms with Gasteiger partial charge in [0, 0.05) is 18.3 Å². The molecular weight excluding hydrogens is 320 g/mol. The minimum Gasteiger partial charge on any atom is -0.431 e. The van der Waals surface area contributed by atoms with E-state index < -0.39 is 6.61 Å². The number of nitrogens with zero attached hydrogens (tertiary/aromatic N) is 3. The normalized spacial score (nSPS) is 23.0. The average Bonchev–Trinajstić information content (AvgIpc) is 3.18. The number of hydrogen-bond donors (Lipinski definition) is 2. The summed E-state index contributed by atoms with van der Waals surface area (Å²) >= 11 is 0. The molecule has 4 rings (SSSR count). The summed E-state index contributed by atoms with van der Waals surface area (Å²) in [5.74, 6) is -0.232. The SMILES string of the molecule is Nc1ncc(-c2cc3n(n2)CCO[C@@]32CCNC2)cc1OC(F)F. The van der Waals surface area contributed by atoms with Crippen molar-refractivity contribution in [3.05, 3.63) is 24.0 Å². The first-order chi connectivity index (χ1) is 11.6. The molecule has 1 fully saturated rings. The molecule has 2 aliphatic heterocycles. The van der Waals surface area contributed by atoms with E-state index in [9.17, 15) is 8.78 Å². The Kier molecular flexibility index (Phi) is 3.61. The van der Waals surface area contributed by atoms with Crippen molar-refractivity contribution in [2.75, 3.05) is 25.4 Å². The maximum absolute atomic E-state index is 12.5. The molecule has 0 aromatic carbocycles. The van der Waals surface area contributed by atoms with Crippen molar-refractivity contribution in [1.82, 2.24) is 20.1 Å². The fourth-order valence-electron chi connectivity index (χ4n) is 3.29. The van der Waals surface area contributed by atoms with Crippen LogP contribution in [0.5, 0.6) is 5.75 Å². The first kappa shape index (κ1) is 15.3. The standard InChI is InChI=1S/C15H17F2N5O2/c16-14(17)24-11-5-9(7-20-13(11)18)10-6-12-15(1-2-19-8-15)23-4-3-22(12)21-10/h5-7,14,19H,1-4,8H2,(H2,18,20)/t15-/m1/s1. The van der Waals surface area contributed by atoms with E-state index in [0.29, 0.717) is 24.4 Å². The van der Waals surface area contributed by atoms with Gasteiger partial charge in [-0.1, -0.05) is 0 Å². The van der Waals surface area contributed by atoms with Gasteiger partial charge in [0.1, 0.15) is 5.60 Å². The van der Waals surface area contributed by atoms with Gasteiger partial charge in [-0.05, 0) is 25.1 Å². The molecule has 3 N–H and O–H groups in total. The molecule has 2 aromatic rings. The summed E-state index contributed by atoms with van der Waals surface area (Å²) in [5.41, 5.74) is 7.41. The smallest absolute Gasteiger partial charge is 0.387 e. The van der Waals surface area contributed by atoms with Crippen LogP contribution in [0.25, 0.3) is 11.3 Å². The Morgan fingerprint density at radius 3 is 3.04 bits per heavy atom. The van der Waals surface area contributed by atoms with Gasteiger partial charge in [-0.25, -0.2) is 4.98 Å². The van der Waals surface area contributed by atoms with Crippen LogP contribution in [0.1, 0.15) is 12.1 Å². The molecular formula is C15H17F2N5O2.